The second-order valence-electron chi connectivity index (χ2n) is 4.28. The number of carbonyl (C=O) groups is 1. The van der Waals surface area contributed by atoms with Gasteiger partial charge in [0.25, 0.3) is 0 Å². The van der Waals surface area contributed by atoms with E-state index in [1.165, 1.54) is 6.07 Å². The number of sulfonamides is 1. The molecule has 1 aliphatic rings. The zero-order valence-corrected chi connectivity index (χ0v) is 12.4. The number of nitrogens with one attached hydrogen (secondary N) is 1. The van der Waals surface area contributed by atoms with Gasteiger partial charge in [-0.15, -0.1) is 0 Å². The molecule has 0 saturated carbocycles. The Morgan fingerprint density at radius 3 is 2.75 bits per heavy atom. The number of ether oxygens (including phenoxy) is 1. The predicted octanol–water partition coefficient (Wildman–Crippen LogP) is 0.966. The van der Waals surface area contributed by atoms with E-state index < -0.39 is 38.7 Å². The van der Waals surface area contributed by atoms with Crippen molar-refractivity contribution in [3.8, 4) is 0 Å². The molecule has 2 rings (SSSR count). The van der Waals surface area contributed by atoms with Crippen molar-refractivity contribution in [2.24, 2.45) is 5.92 Å². The first kappa shape index (κ1) is 15.4. The maximum Gasteiger partial charge on any atom is 0.310 e. The SMILES string of the molecule is O=C(O)C1COCC1NS(=O)(=O)c1ccc(Br)cc1F. The number of hydrogen-bond acceptors (Lipinski definition) is 4. The molecule has 1 saturated heterocycles. The van der Waals surface area contributed by atoms with Gasteiger partial charge in [0.15, 0.2) is 0 Å². The molecule has 6 nitrogen and oxygen atoms in total. The van der Waals surface area contributed by atoms with Crippen molar-refractivity contribution in [1.82, 2.24) is 4.72 Å². The van der Waals surface area contributed by atoms with Gasteiger partial charge in [-0.05, 0) is 18.2 Å². The highest BCUT2D eigenvalue weighted by molar-refractivity contribution is 9.10. The van der Waals surface area contributed by atoms with Gasteiger partial charge in [0.05, 0.1) is 25.2 Å². The number of aliphatic carboxylic acids is 1. The van der Waals surface area contributed by atoms with Gasteiger partial charge in [-0.2, -0.15) is 0 Å². The molecule has 0 spiro atoms. The summed E-state index contributed by atoms with van der Waals surface area (Å²) >= 11 is 3.03. The van der Waals surface area contributed by atoms with Crippen LogP contribution in [0.1, 0.15) is 0 Å². The molecule has 0 aromatic heterocycles. The fourth-order valence-electron chi connectivity index (χ4n) is 1.87. The number of halogens is 2. The largest absolute Gasteiger partial charge is 0.481 e. The Morgan fingerprint density at radius 1 is 1.45 bits per heavy atom. The molecule has 0 bridgehead atoms. The molecule has 2 unspecified atom stereocenters. The van der Waals surface area contributed by atoms with E-state index in [9.17, 15) is 17.6 Å². The van der Waals surface area contributed by atoms with E-state index in [4.69, 9.17) is 9.84 Å². The van der Waals surface area contributed by atoms with E-state index in [1.807, 2.05) is 0 Å². The maximum atomic E-state index is 13.7. The fraction of sp³-hybridized carbons (Fsp3) is 0.364. The van der Waals surface area contributed by atoms with Crippen LogP contribution in [0.4, 0.5) is 4.39 Å². The van der Waals surface area contributed by atoms with Crippen molar-refractivity contribution in [3.63, 3.8) is 0 Å². The highest BCUT2D eigenvalue weighted by atomic mass is 79.9. The second kappa shape index (κ2) is 5.76. The summed E-state index contributed by atoms with van der Waals surface area (Å²) in [4.78, 5) is 10.4. The first-order chi connectivity index (χ1) is 9.31. The van der Waals surface area contributed by atoms with Gasteiger partial charge >= 0.3 is 5.97 Å². The monoisotopic (exact) mass is 367 g/mol. The smallest absolute Gasteiger partial charge is 0.310 e. The Hall–Kier alpha value is -1.03. The molecule has 2 N–H and O–H groups in total. The molecule has 20 heavy (non-hydrogen) atoms. The average molecular weight is 368 g/mol. The first-order valence-corrected chi connectivity index (χ1v) is 7.87. The van der Waals surface area contributed by atoms with Crippen LogP contribution in [0.5, 0.6) is 0 Å². The predicted molar refractivity (Wildman–Crippen MR) is 70.2 cm³/mol. The van der Waals surface area contributed by atoms with Gasteiger partial charge in [0.2, 0.25) is 10.0 Å². The summed E-state index contributed by atoms with van der Waals surface area (Å²) in [5, 5.41) is 8.95. The molecule has 110 valence electrons. The molecule has 9 heteroatoms. The summed E-state index contributed by atoms with van der Waals surface area (Å²) in [6.45, 7) is -0.139. The number of rotatable bonds is 4. The van der Waals surface area contributed by atoms with Crippen LogP contribution in [0.3, 0.4) is 0 Å². The van der Waals surface area contributed by atoms with E-state index >= 15 is 0 Å². The Balaban J connectivity index is 2.25. The lowest BCUT2D eigenvalue weighted by atomic mass is 10.1. The average Bonchev–Trinajstić information content (AvgIpc) is 2.75. The summed E-state index contributed by atoms with van der Waals surface area (Å²) < 4.78 is 45.4. The van der Waals surface area contributed by atoms with Crippen LogP contribution in [0.2, 0.25) is 0 Å². The van der Waals surface area contributed by atoms with E-state index in [2.05, 4.69) is 20.7 Å². The van der Waals surface area contributed by atoms with Crippen molar-refractivity contribution in [2.45, 2.75) is 10.9 Å². The van der Waals surface area contributed by atoms with Gasteiger partial charge in [-0.25, -0.2) is 17.5 Å². The van der Waals surface area contributed by atoms with Crippen molar-refractivity contribution in [1.29, 1.82) is 0 Å². The Morgan fingerprint density at radius 2 is 2.15 bits per heavy atom. The normalized spacial score (nSPS) is 22.9. The molecule has 1 aromatic carbocycles. The van der Waals surface area contributed by atoms with Crippen molar-refractivity contribution >= 4 is 31.9 Å². The minimum atomic E-state index is -4.15. The fourth-order valence-corrected chi connectivity index (χ4v) is 3.52. The maximum absolute atomic E-state index is 13.7. The molecular weight excluding hydrogens is 357 g/mol. The van der Waals surface area contributed by atoms with E-state index in [0.29, 0.717) is 4.47 Å². The molecule has 1 aliphatic heterocycles. The van der Waals surface area contributed by atoms with Crippen LogP contribution in [0, 0.1) is 11.7 Å². The van der Waals surface area contributed by atoms with Crippen molar-refractivity contribution < 1.29 is 27.4 Å². The van der Waals surface area contributed by atoms with Crippen molar-refractivity contribution in [2.75, 3.05) is 13.2 Å². The van der Waals surface area contributed by atoms with Gasteiger partial charge in [0, 0.05) is 4.47 Å². The molecule has 1 aromatic rings. The summed E-state index contributed by atoms with van der Waals surface area (Å²) in [5.74, 6) is -3.06. The van der Waals surface area contributed by atoms with Crippen LogP contribution in [-0.4, -0.2) is 38.7 Å². The number of benzene rings is 1. The van der Waals surface area contributed by atoms with Crippen LogP contribution < -0.4 is 4.72 Å². The molecule has 2 atom stereocenters. The minimum Gasteiger partial charge on any atom is -0.481 e. The lowest BCUT2D eigenvalue weighted by molar-refractivity contribution is -0.142. The topological polar surface area (TPSA) is 92.7 Å². The lowest BCUT2D eigenvalue weighted by Gasteiger charge is -2.16. The zero-order chi connectivity index (χ0) is 14.9. The first-order valence-electron chi connectivity index (χ1n) is 5.59. The van der Waals surface area contributed by atoms with Crippen LogP contribution in [0.15, 0.2) is 27.6 Å². The van der Waals surface area contributed by atoms with Crippen LogP contribution in [0.25, 0.3) is 0 Å². The van der Waals surface area contributed by atoms with E-state index in [0.717, 1.165) is 12.1 Å². The highest BCUT2D eigenvalue weighted by Crippen LogP contribution is 2.22. The number of carboxylic acids is 1. The third kappa shape index (κ3) is 3.17. The third-order valence-corrected chi connectivity index (χ3v) is 4.90. The van der Waals surface area contributed by atoms with Crippen molar-refractivity contribution in [3.05, 3.63) is 28.5 Å². The summed E-state index contributed by atoms with van der Waals surface area (Å²) in [6, 6.07) is 2.60. The molecular formula is C11H11BrFNO5S. The van der Waals surface area contributed by atoms with Gasteiger partial charge in [0.1, 0.15) is 10.7 Å². The molecule has 0 amide bonds. The van der Waals surface area contributed by atoms with Crippen LogP contribution in [-0.2, 0) is 19.6 Å². The Bertz CT molecular complexity index is 636. The summed E-state index contributed by atoms with van der Waals surface area (Å²) in [7, 11) is -4.15. The second-order valence-corrected chi connectivity index (χ2v) is 6.88. The number of carboxylic acid groups (broad SMARTS) is 1. The summed E-state index contributed by atoms with van der Waals surface area (Å²) in [6.07, 6.45) is 0. The van der Waals surface area contributed by atoms with Gasteiger partial charge in [-0.3, -0.25) is 4.79 Å². The quantitative estimate of drug-likeness (QED) is 0.826. The van der Waals surface area contributed by atoms with Gasteiger partial charge in [-0.1, -0.05) is 15.9 Å². The Labute approximate surface area is 123 Å². The highest BCUT2D eigenvalue weighted by Gasteiger charge is 2.37. The molecule has 0 aliphatic carbocycles. The third-order valence-electron chi connectivity index (χ3n) is 2.89. The Kier molecular flexibility index (Phi) is 4.43. The molecule has 0 radical (unpaired) electrons. The minimum absolute atomic E-state index is 0.0612. The molecule has 1 fully saturated rings. The van der Waals surface area contributed by atoms with Gasteiger partial charge < -0.3 is 9.84 Å². The molecule has 1 heterocycles. The summed E-state index contributed by atoms with van der Waals surface area (Å²) in [5.41, 5.74) is 0. The standard InChI is InChI=1S/C11H11BrFNO5S/c12-6-1-2-10(8(13)3-6)20(17,18)14-9-5-19-4-7(9)11(15)16/h1-3,7,9,14H,4-5H2,(H,15,16). The van der Waals surface area contributed by atoms with Crippen LogP contribution >= 0.6 is 15.9 Å². The number of hydrogen-bond donors (Lipinski definition) is 2. The van der Waals surface area contributed by atoms with E-state index in [-0.39, 0.29) is 13.2 Å². The lowest BCUT2D eigenvalue weighted by Crippen LogP contribution is -2.42. The van der Waals surface area contributed by atoms with E-state index in [1.54, 1.807) is 0 Å². The zero-order valence-electron chi connectivity index (χ0n) is 10.0.